The molecule has 0 radical (unpaired) electrons. The van der Waals surface area contributed by atoms with E-state index >= 15 is 0 Å². The fourth-order valence-electron chi connectivity index (χ4n) is 1.96. The zero-order chi connectivity index (χ0) is 13.7. The molecular formula is C16H19NO2. The zero-order valence-electron chi connectivity index (χ0n) is 11.6. The van der Waals surface area contributed by atoms with Gasteiger partial charge in [-0.25, -0.2) is 4.98 Å². The van der Waals surface area contributed by atoms with Crippen molar-refractivity contribution in [2.24, 2.45) is 0 Å². The van der Waals surface area contributed by atoms with E-state index in [0.29, 0.717) is 5.88 Å². The second-order valence-electron chi connectivity index (χ2n) is 4.28. The first kappa shape index (κ1) is 13.6. The van der Waals surface area contributed by atoms with E-state index in [1.165, 1.54) is 5.56 Å². The summed E-state index contributed by atoms with van der Waals surface area (Å²) in [5.41, 5.74) is 3.16. The van der Waals surface area contributed by atoms with E-state index in [2.05, 4.69) is 36.2 Å². The summed E-state index contributed by atoms with van der Waals surface area (Å²) in [5, 5.41) is 0. The molecule has 3 nitrogen and oxygen atoms in total. The van der Waals surface area contributed by atoms with Gasteiger partial charge in [0.05, 0.1) is 18.9 Å². The molecule has 1 unspecified atom stereocenters. The maximum atomic E-state index is 5.57. The van der Waals surface area contributed by atoms with E-state index in [1.54, 1.807) is 7.11 Å². The van der Waals surface area contributed by atoms with Crippen LogP contribution in [0.2, 0.25) is 0 Å². The van der Waals surface area contributed by atoms with Gasteiger partial charge in [-0.1, -0.05) is 30.3 Å². The summed E-state index contributed by atoms with van der Waals surface area (Å²) in [6.07, 6.45) is 0.123. The van der Waals surface area contributed by atoms with Crippen molar-refractivity contribution in [3.05, 3.63) is 48.0 Å². The monoisotopic (exact) mass is 257 g/mol. The van der Waals surface area contributed by atoms with Crippen LogP contribution in [-0.2, 0) is 4.74 Å². The smallest absolute Gasteiger partial charge is 0.213 e. The van der Waals surface area contributed by atoms with Crippen molar-refractivity contribution >= 4 is 0 Å². The van der Waals surface area contributed by atoms with Crippen molar-refractivity contribution in [1.29, 1.82) is 0 Å². The van der Waals surface area contributed by atoms with Crippen LogP contribution in [0.25, 0.3) is 11.3 Å². The number of ether oxygens (including phenoxy) is 2. The predicted molar refractivity (Wildman–Crippen MR) is 76.3 cm³/mol. The highest BCUT2D eigenvalue weighted by molar-refractivity contribution is 5.60. The van der Waals surface area contributed by atoms with Gasteiger partial charge in [0, 0.05) is 18.2 Å². The molecule has 1 heterocycles. The van der Waals surface area contributed by atoms with Crippen LogP contribution in [0.4, 0.5) is 0 Å². The predicted octanol–water partition coefficient (Wildman–Crippen LogP) is 3.85. The highest BCUT2D eigenvalue weighted by Gasteiger charge is 2.06. The Balaban J connectivity index is 2.22. The number of nitrogens with zero attached hydrogens (tertiary/aromatic N) is 1. The average molecular weight is 257 g/mol. The molecule has 19 heavy (non-hydrogen) atoms. The van der Waals surface area contributed by atoms with Crippen molar-refractivity contribution in [1.82, 2.24) is 4.98 Å². The molecule has 1 aromatic heterocycles. The highest BCUT2D eigenvalue weighted by Crippen LogP contribution is 2.23. The van der Waals surface area contributed by atoms with Crippen molar-refractivity contribution < 1.29 is 9.47 Å². The van der Waals surface area contributed by atoms with Gasteiger partial charge in [0.15, 0.2) is 0 Å². The molecule has 3 heteroatoms. The molecular weight excluding hydrogens is 238 g/mol. The lowest BCUT2D eigenvalue weighted by atomic mass is 10.1. The molecule has 0 N–H and O–H groups in total. The molecule has 1 aromatic carbocycles. The summed E-state index contributed by atoms with van der Waals surface area (Å²) in [6.45, 7) is 4.79. The highest BCUT2D eigenvalue weighted by atomic mass is 16.5. The van der Waals surface area contributed by atoms with Crippen LogP contribution in [0, 0.1) is 0 Å². The Kier molecular flexibility index (Phi) is 4.53. The quantitative estimate of drug-likeness (QED) is 0.815. The van der Waals surface area contributed by atoms with Crippen LogP contribution in [0.1, 0.15) is 25.5 Å². The lowest BCUT2D eigenvalue weighted by molar-refractivity contribution is 0.0764. The third kappa shape index (κ3) is 3.32. The Bertz CT molecular complexity index is 523. The molecule has 0 amide bonds. The third-order valence-electron chi connectivity index (χ3n) is 3.03. The molecule has 0 fully saturated rings. The Labute approximate surface area is 114 Å². The standard InChI is InChI=1S/C16H19NO2/c1-4-19-12(2)13-8-10-14(11-9-13)15-6-5-7-16(17-15)18-3/h5-12H,4H2,1-3H3. The van der Waals surface area contributed by atoms with Gasteiger partial charge >= 0.3 is 0 Å². The number of hydrogen-bond donors (Lipinski definition) is 0. The lowest BCUT2D eigenvalue weighted by Gasteiger charge is -2.12. The maximum Gasteiger partial charge on any atom is 0.213 e. The number of pyridine rings is 1. The largest absolute Gasteiger partial charge is 0.481 e. The van der Waals surface area contributed by atoms with Crippen molar-refractivity contribution in [2.75, 3.05) is 13.7 Å². The van der Waals surface area contributed by atoms with Gasteiger partial charge in [0.25, 0.3) is 0 Å². The van der Waals surface area contributed by atoms with E-state index in [0.717, 1.165) is 17.9 Å². The molecule has 0 aliphatic heterocycles. The van der Waals surface area contributed by atoms with E-state index in [9.17, 15) is 0 Å². The second kappa shape index (κ2) is 6.34. The Morgan fingerprint density at radius 3 is 2.47 bits per heavy atom. The molecule has 2 aromatic rings. The van der Waals surface area contributed by atoms with Crippen molar-refractivity contribution in [3.63, 3.8) is 0 Å². The second-order valence-corrected chi connectivity index (χ2v) is 4.28. The summed E-state index contributed by atoms with van der Waals surface area (Å²) >= 11 is 0. The maximum absolute atomic E-state index is 5.57. The average Bonchev–Trinajstić information content (AvgIpc) is 2.48. The molecule has 0 aliphatic carbocycles. The molecule has 1 atom stereocenters. The molecule has 0 spiro atoms. The molecule has 0 aliphatic rings. The molecule has 0 bridgehead atoms. The van der Waals surface area contributed by atoms with Gasteiger partial charge in [-0.05, 0) is 25.5 Å². The fourth-order valence-corrected chi connectivity index (χ4v) is 1.96. The lowest BCUT2D eigenvalue weighted by Crippen LogP contribution is -1.99. The summed E-state index contributed by atoms with van der Waals surface area (Å²) in [6, 6.07) is 14.0. The number of benzene rings is 1. The van der Waals surface area contributed by atoms with Gasteiger partial charge < -0.3 is 9.47 Å². The topological polar surface area (TPSA) is 31.4 Å². The van der Waals surface area contributed by atoms with Crippen molar-refractivity contribution in [2.45, 2.75) is 20.0 Å². The van der Waals surface area contributed by atoms with E-state index < -0.39 is 0 Å². The van der Waals surface area contributed by atoms with Crippen LogP contribution >= 0.6 is 0 Å². The first-order valence-electron chi connectivity index (χ1n) is 6.47. The third-order valence-corrected chi connectivity index (χ3v) is 3.03. The number of aromatic nitrogens is 1. The van der Waals surface area contributed by atoms with E-state index in [-0.39, 0.29) is 6.10 Å². The minimum absolute atomic E-state index is 0.123. The number of methoxy groups -OCH3 is 1. The SMILES string of the molecule is CCOC(C)c1ccc(-c2cccc(OC)n2)cc1. The van der Waals surface area contributed by atoms with E-state index in [4.69, 9.17) is 9.47 Å². The van der Waals surface area contributed by atoms with Crippen LogP contribution in [-0.4, -0.2) is 18.7 Å². The minimum Gasteiger partial charge on any atom is -0.481 e. The normalized spacial score (nSPS) is 12.2. The molecule has 0 saturated heterocycles. The van der Waals surface area contributed by atoms with Gasteiger partial charge in [-0.15, -0.1) is 0 Å². The van der Waals surface area contributed by atoms with Crippen LogP contribution in [0.3, 0.4) is 0 Å². The Hall–Kier alpha value is -1.87. The van der Waals surface area contributed by atoms with Gasteiger partial charge in [0.1, 0.15) is 0 Å². The van der Waals surface area contributed by atoms with Gasteiger partial charge in [-0.3, -0.25) is 0 Å². The minimum atomic E-state index is 0.123. The summed E-state index contributed by atoms with van der Waals surface area (Å²) in [4.78, 5) is 4.42. The Morgan fingerprint density at radius 1 is 1.11 bits per heavy atom. The first-order chi connectivity index (χ1) is 9.24. The van der Waals surface area contributed by atoms with Crippen molar-refractivity contribution in [3.8, 4) is 17.1 Å². The van der Waals surface area contributed by atoms with E-state index in [1.807, 2.05) is 25.1 Å². The summed E-state index contributed by atoms with van der Waals surface area (Å²) in [7, 11) is 1.62. The summed E-state index contributed by atoms with van der Waals surface area (Å²) in [5.74, 6) is 0.629. The molecule has 100 valence electrons. The molecule has 2 rings (SSSR count). The number of hydrogen-bond acceptors (Lipinski definition) is 3. The van der Waals surface area contributed by atoms with Gasteiger partial charge in [-0.2, -0.15) is 0 Å². The fraction of sp³-hybridized carbons (Fsp3) is 0.312. The first-order valence-corrected chi connectivity index (χ1v) is 6.47. The van der Waals surface area contributed by atoms with Crippen LogP contribution in [0.5, 0.6) is 5.88 Å². The summed E-state index contributed by atoms with van der Waals surface area (Å²) < 4.78 is 10.7. The Morgan fingerprint density at radius 2 is 1.84 bits per heavy atom. The zero-order valence-corrected chi connectivity index (χ0v) is 11.6. The van der Waals surface area contributed by atoms with Crippen LogP contribution < -0.4 is 4.74 Å². The van der Waals surface area contributed by atoms with Crippen LogP contribution in [0.15, 0.2) is 42.5 Å². The van der Waals surface area contributed by atoms with Gasteiger partial charge in [0.2, 0.25) is 5.88 Å². The molecule has 0 saturated carbocycles. The number of rotatable bonds is 5.